The molecule has 0 aliphatic rings. The van der Waals surface area contributed by atoms with Gasteiger partial charge in [-0.2, -0.15) is 0 Å². The molecule has 15 heavy (non-hydrogen) atoms. The third-order valence-corrected chi connectivity index (χ3v) is 1.42. The summed E-state index contributed by atoms with van der Waals surface area (Å²) in [6.07, 6.45) is 0.546. The summed E-state index contributed by atoms with van der Waals surface area (Å²) in [5, 5.41) is 27.6. The van der Waals surface area contributed by atoms with Crippen LogP contribution in [-0.2, 0) is 9.59 Å². The standard InChI is InChI=1S/C5H8O3.C5H8O2/c1-4(2-3-6)5(7)8;1-3-4(2)5(6)7/h6H,1-3H2,(H,7,8);2-3H2,1H3,(H,6,7)/p-2. The highest BCUT2D eigenvalue weighted by molar-refractivity contribution is 5.83. The molecule has 0 spiro atoms. The van der Waals surface area contributed by atoms with Crippen LogP contribution in [0.25, 0.3) is 0 Å². The van der Waals surface area contributed by atoms with Gasteiger partial charge >= 0.3 is 0 Å². The summed E-state index contributed by atoms with van der Waals surface area (Å²) in [6.45, 7) is 7.87. The molecule has 0 aliphatic carbocycles. The van der Waals surface area contributed by atoms with Gasteiger partial charge in [0.05, 0.1) is 11.9 Å². The molecular formula is C10H14O5-2. The quantitative estimate of drug-likeness (QED) is 0.554. The summed E-state index contributed by atoms with van der Waals surface area (Å²) in [6, 6.07) is 0. The zero-order chi connectivity index (χ0) is 12.4. The van der Waals surface area contributed by atoms with E-state index in [-0.39, 0.29) is 24.2 Å². The monoisotopic (exact) mass is 214 g/mol. The molecule has 0 saturated carbocycles. The maximum absolute atomic E-state index is 9.77. The Labute approximate surface area is 88.4 Å². The number of carbonyl (C=O) groups is 2. The van der Waals surface area contributed by atoms with E-state index >= 15 is 0 Å². The van der Waals surface area contributed by atoms with E-state index in [1.165, 1.54) is 0 Å². The Hall–Kier alpha value is -1.62. The molecule has 86 valence electrons. The fourth-order valence-corrected chi connectivity index (χ4v) is 0.381. The van der Waals surface area contributed by atoms with E-state index in [4.69, 9.17) is 5.11 Å². The minimum Gasteiger partial charge on any atom is -0.545 e. The molecule has 0 saturated heterocycles. The summed E-state index contributed by atoms with van der Waals surface area (Å²) < 4.78 is 0. The molecule has 0 amide bonds. The number of carbonyl (C=O) groups excluding carboxylic acids is 2. The van der Waals surface area contributed by atoms with Crippen molar-refractivity contribution in [3.63, 3.8) is 0 Å². The average molecular weight is 214 g/mol. The van der Waals surface area contributed by atoms with Crippen molar-refractivity contribution in [2.24, 2.45) is 0 Å². The SMILES string of the molecule is C=C(CC)C(=O)[O-].C=C(CCO)C(=O)[O-]. The van der Waals surface area contributed by atoms with Gasteiger partial charge in [-0.3, -0.25) is 0 Å². The highest BCUT2D eigenvalue weighted by atomic mass is 16.4. The molecule has 0 rings (SSSR count). The molecule has 0 unspecified atom stereocenters. The van der Waals surface area contributed by atoms with Crippen LogP contribution in [0.1, 0.15) is 19.8 Å². The van der Waals surface area contributed by atoms with Gasteiger partial charge < -0.3 is 24.9 Å². The Kier molecular flexibility index (Phi) is 9.45. The molecule has 0 aromatic carbocycles. The molecule has 5 nitrogen and oxygen atoms in total. The van der Waals surface area contributed by atoms with Crippen molar-refractivity contribution in [1.82, 2.24) is 0 Å². The average Bonchev–Trinajstić information content (AvgIpc) is 2.17. The number of aliphatic carboxylic acids is 2. The Morgan fingerprint density at radius 1 is 1.13 bits per heavy atom. The van der Waals surface area contributed by atoms with E-state index in [1.807, 2.05) is 0 Å². The number of carboxylic acids is 2. The maximum Gasteiger partial charge on any atom is 0.0669 e. The zero-order valence-electron chi connectivity index (χ0n) is 8.62. The minimum absolute atomic E-state index is 0.0625. The van der Waals surface area contributed by atoms with Crippen molar-refractivity contribution in [3.8, 4) is 0 Å². The highest BCUT2D eigenvalue weighted by Crippen LogP contribution is 1.92. The summed E-state index contributed by atoms with van der Waals surface area (Å²) in [4.78, 5) is 19.5. The van der Waals surface area contributed by atoms with Crippen LogP contribution in [0.4, 0.5) is 0 Å². The van der Waals surface area contributed by atoms with Gasteiger partial charge in [-0.05, 0) is 24.0 Å². The van der Waals surface area contributed by atoms with Crippen LogP contribution >= 0.6 is 0 Å². The number of aliphatic hydroxyl groups excluding tert-OH is 1. The first kappa shape index (κ1) is 15.8. The lowest BCUT2D eigenvalue weighted by molar-refractivity contribution is -0.300. The van der Waals surface area contributed by atoms with Crippen LogP contribution in [0, 0.1) is 0 Å². The molecule has 1 N–H and O–H groups in total. The molecule has 0 atom stereocenters. The molecule has 0 aromatic heterocycles. The van der Waals surface area contributed by atoms with Gasteiger partial charge in [0, 0.05) is 6.61 Å². The van der Waals surface area contributed by atoms with Gasteiger partial charge in [0.2, 0.25) is 0 Å². The van der Waals surface area contributed by atoms with Crippen LogP contribution < -0.4 is 10.2 Å². The number of hydrogen-bond acceptors (Lipinski definition) is 5. The number of carboxylic acid groups (broad SMARTS) is 2. The Morgan fingerprint density at radius 3 is 1.60 bits per heavy atom. The molecule has 0 aliphatic heterocycles. The minimum atomic E-state index is -1.29. The van der Waals surface area contributed by atoms with Crippen molar-refractivity contribution < 1.29 is 24.9 Å². The second kappa shape index (κ2) is 8.96. The van der Waals surface area contributed by atoms with Crippen molar-refractivity contribution in [1.29, 1.82) is 0 Å². The van der Waals surface area contributed by atoms with Crippen molar-refractivity contribution >= 4 is 11.9 Å². The summed E-state index contributed by atoms with van der Waals surface area (Å²) in [5.74, 6) is -2.44. The molecule has 0 heterocycles. The first-order valence-electron chi connectivity index (χ1n) is 4.25. The van der Waals surface area contributed by atoms with E-state index < -0.39 is 11.9 Å². The second-order valence-corrected chi connectivity index (χ2v) is 2.61. The van der Waals surface area contributed by atoms with Crippen LogP contribution in [0.2, 0.25) is 0 Å². The Morgan fingerprint density at radius 2 is 1.53 bits per heavy atom. The summed E-state index contributed by atoms with van der Waals surface area (Å²) in [5.41, 5.74) is 0.0903. The molecule has 0 radical (unpaired) electrons. The lowest BCUT2D eigenvalue weighted by atomic mass is 10.2. The predicted molar refractivity (Wildman–Crippen MR) is 50.3 cm³/mol. The van der Waals surface area contributed by atoms with Gasteiger partial charge in [0.15, 0.2) is 0 Å². The van der Waals surface area contributed by atoms with E-state index in [0.29, 0.717) is 6.42 Å². The van der Waals surface area contributed by atoms with E-state index in [0.717, 1.165) is 0 Å². The van der Waals surface area contributed by atoms with Gasteiger partial charge in [0.1, 0.15) is 0 Å². The molecule has 5 heteroatoms. The number of rotatable bonds is 5. The summed E-state index contributed by atoms with van der Waals surface area (Å²) in [7, 11) is 0. The Balaban J connectivity index is 0. The van der Waals surface area contributed by atoms with Crippen molar-refractivity contribution in [2.75, 3.05) is 6.61 Å². The largest absolute Gasteiger partial charge is 0.545 e. The fourth-order valence-electron chi connectivity index (χ4n) is 0.381. The van der Waals surface area contributed by atoms with Gasteiger partial charge in [-0.1, -0.05) is 20.1 Å². The molecule has 0 bridgehead atoms. The predicted octanol–water partition coefficient (Wildman–Crippen LogP) is -1.62. The lowest BCUT2D eigenvalue weighted by Crippen LogP contribution is -2.24. The zero-order valence-corrected chi connectivity index (χ0v) is 8.62. The topological polar surface area (TPSA) is 100 Å². The van der Waals surface area contributed by atoms with Crippen molar-refractivity contribution in [2.45, 2.75) is 19.8 Å². The first-order valence-corrected chi connectivity index (χ1v) is 4.25. The summed E-state index contributed by atoms with van der Waals surface area (Å²) >= 11 is 0. The first-order chi connectivity index (χ1) is 6.86. The second-order valence-electron chi connectivity index (χ2n) is 2.61. The molecular weight excluding hydrogens is 200 g/mol. The number of aliphatic hydroxyl groups is 1. The molecule has 0 aromatic rings. The van der Waals surface area contributed by atoms with Gasteiger partial charge in [-0.25, -0.2) is 0 Å². The third-order valence-electron chi connectivity index (χ3n) is 1.42. The molecule has 0 fully saturated rings. The van der Waals surface area contributed by atoms with Gasteiger partial charge in [0.25, 0.3) is 0 Å². The Bertz CT molecular complexity index is 255. The van der Waals surface area contributed by atoms with Crippen molar-refractivity contribution in [3.05, 3.63) is 24.3 Å². The van der Waals surface area contributed by atoms with Gasteiger partial charge in [-0.15, -0.1) is 0 Å². The smallest absolute Gasteiger partial charge is 0.0669 e. The third kappa shape index (κ3) is 10.3. The van der Waals surface area contributed by atoms with Crippen LogP contribution in [-0.4, -0.2) is 23.7 Å². The highest BCUT2D eigenvalue weighted by Gasteiger charge is 1.90. The normalized spacial score (nSPS) is 8.40. The van der Waals surface area contributed by atoms with E-state index in [9.17, 15) is 19.8 Å². The number of hydrogen-bond donors (Lipinski definition) is 1. The van der Waals surface area contributed by atoms with E-state index in [2.05, 4.69) is 13.2 Å². The maximum atomic E-state index is 9.77. The van der Waals surface area contributed by atoms with Crippen LogP contribution in [0.15, 0.2) is 24.3 Å². The van der Waals surface area contributed by atoms with E-state index in [1.54, 1.807) is 6.92 Å². The fraction of sp³-hybridized carbons (Fsp3) is 0.400. The van der Waals surface area contributed by atoms with Crippen LogP contribution in [0.5, 0.6) is 0 Å². The lowest BCUT2D eigenvalue weighted by Gasteiger charge is -2.01. The van der Waals surface area contributed by atoms with Crippen LogP contribution in [0.3, 0.4) is 0 Å².